The van der Waals surface area contributed by atoms with E-state index in [1.165, 1.54) is 5.56 Å². The number of nitrogens with zero attached hydrogens (tertiary/aromatic N) is 2. The molecular weight excluding hydrogens is 479 g/mol. The van der Waals surface area contributed by atoms with Crippen molar-refractivity contribution in [2.75, 3.05) is 0 Å². The largest absolute Gasteiger partial charge is 0.489 e. The molecule has 0 aliphatic carbocycles. The second-order valence-corrected chi connectivity index (χ2v) is 9.61. The van der Waals surface area contributed by atoms with Gasteiger partial charge in [0.05, 0.1) is 21.1 Å². The fourth-order valence-electron chi connectivity index (χ4n) is 4.20. The molecule has 2 aromatic heterocycles. The standard InChI is InChI=1S/C29H24Cl2N2O2/c1-17(2)29-23(28(33-35-29)27-24(30)5-4-6-25(27)31)16-34-21-10-7-19(8-11-21)20-9-12-26-22(15-20)18(3)13-14-32-26/h4-15,17H,16H2,1-3H3. The van der Waals surface area contributed by atoms with Crippen LogP contribution in [0.25, 0.3) is 33.3 Å². The minimum absolute atomic E-state index is 0.129. The summed E-state index contributed by atoms with van der Waals surface area (Å²) < 4.78 is 11.8. The Balaban J connectivity index is 1.41. The zero-order valence-corrected chi connectivity index (χ0v) is 21.2. The van der Waals surface area contributed by atoms with Gasteiger partial charge in [-0.15, -0.1) is 0 Å². The summed E-state index contributed by atoms with van der Waals surface area (Å²) in [5, 5.41) is 6.50. The van der Waals surface area contributed by atoms with Crippen LogP contribution in [-0.4, -0.2) is 10.1 Å². The van der Waals surface area contributed by atoms with E-state index in [9.17, 15) is 0 Å². The molecule has 0 radical (unpaired) electrons. The SMILES string of the molecule is Cc1ccnc2ccc(-c3ccc(OCc4c(-c5c(Cl)cccc5Cl)noc4C(C)C)cc3)cc12. The summed E-state index contributed by atoms with van der Waals surface area (Å²) in [5.41, 5.74) is 6.56. The Morgan fingerprint density at radius 2 is 1.63 bits per heavy atom. The zero-order chi connectivity index (χ0) is 24.5. The van der Waals surface area contributed by atoms with E-state index in [1.54, 1.807) is 12.1 Å². The van der Waals surface area contributed by atoms with E-state index >= 15 is 0 Å². The van der Waals surface area contributed by atoms with Crippen molar-refractivity contribution in [3.05, 3.63) is 99.9 Å². The van der Waals surface area contributed by atoms with Gasteiger partial charge in [-0.3, -0.25) is 4.98 Å². The minimum Gasteiger partial charge on any atom is -0.489 e. The van der Waals surface area contributed by atoms with Crippen molar-refractivity contribution >= 4 is 34.1 Å². The second kappa shape index (κ2) is 9.73. The summed E-state index contributed by atoms with van der Waals surface area (Å²) in [4.78, 5) is 4.45. The molecule has 0 amide bonds. The molecule has 0 aliphatic rings. The number of rotatable bonds is 6. The van der Waals surface area contributed by atoms with E-state index in [4.69, 9.17) is 32.5 Å². The smallest absolute Gasteiger partial charge is 0.146 e. The summed E-state index contributed by atoms with van der Waals surface area (Å²) >= 11 is 12.9. The fourth-order valence-corrected chi connectivity index (χ4v) is 4.77. The van der Waals surface area contributed by atoms with Crippen LogP contribution in [-0.2, 0) is 6.61 Å². The van der Waals surface area contributed by atoms with Gasteiger partial charge in [-0.2, -0.15) is 0 Å². The molecule has 5 aromatic rings. The molecule has 0 unspecified atom stereocenters. The van der Waals surface area contributed by atoms with Crippen molar-refractivity contribution in [1.82, 2.24) is 10.1 Å². The first-order valence-electron chi connectivity index (χ1n) is 11.4. The first kappa shape index (κ1) is 23.4. The maximum atomic E-state index is 6.45. The molecule has 3 aromatic carbocycles. The Bertz CT molecular complexity index is 1490. The molecule has 176 valence electrons. The lowest BCUT2D eigenvalue weighted by molar-refractivity contribution is 0.298. The van der Waals surface area contributed by atoms with Crippen LogP contribution in [0.2, 0.25) is 10.0 Å². The van der Waals surface area contributed by atoms with Gasteiger partial charge in [0.1, 0.15) is 23.8 Å². The molecule has 0 spiro atoms. The fraction of sp³-hybridized carbons (Fsp3) is 0.172. The van der Waals surface area contributed by atoms with E-state index < -0.39 is 0 Å². The first-order chi connectivity index (χ1) is 16.9. The van der Waals surface area contributed by atoms with Crippen molar-refractivity contribution in [2.45, 2.75) is 33.3 Å². The highest BCUT2D eigenvalue weighted by atomic mass is 35.5. The van der Waals surface area contributed by atoms with Gasteiger partial charge in [0.25, 0.3) is 0 Å². The van der Waals surface area contributed by atoms with Crippen molar-refractivity contribution in [2.24, 2.45) is 0 Å². The molecule has 0 aliphatic heterocycles. The second-order valence-electron chi connectivity index (χ2n) is 8.80. The van der Waals surface area contributed by atoms with Gasteiger partial charge >= 0.3 is 0 Å². The van der Waals surface area contributed by atoms with E-state index in [0.717, 1.165) is 39.1 Å². The lowest BCUT2D eigenvalue weighted by Gasteiger charge is -2.11. The van der Waals surface area contributed by atoms with Crippen molar-refractivity contribution < 1.29 is 9.26 Å². The average Bonchev–Trinajstić information content (AvgIpc) is 3.27. The minimum atomic E-state index is 0.129. The first-order valence-corrected chi connectivity index (χ1v) is 12.2. The van der Waals surface area contributed by atoms with Crippen molar-refractivity contribution in [3.8, 4) is 28.1 Å². The third-order valence-corrected chi connectivity index (χ3v) is 6.70. The number of benzene rings is 3. The Hall–Kier alpha value is -3.34. The average molecular weight is 503 g/mol. The number of ether oxygens (including phenoxy) is 1. The van der Waals surface area contributed by atoms with Gasteiger partial charge in [0.2, 0.25) is 0 Å². The van der Waals surface area contributed by atoms with Gasteiger partial charge in [0, 0.05) is 23.1 Å². The molecule has 0 saturated heterocycles. The third kappa shape index (κ3) is 4.64. The normalized spacial score (nSPS) is 11.4. The van der Waals surface area contributed by atoms with Gasteiger partial charge in [-0.1, -0.05) is 66.5 Å². The predicted octanol–water partition coefficient (Wildman–Crippen LogP) is 8.87. The molecule has 0 bridgehead atoms. The lowest BCUT2D eigenvalue weighted by atomic mass is 10.0. The van der Waals surface area contributed by atoms with Gasteiger partial charge in [0.15, 0.2) is 0 Å². The topological polar surface area (TPSA) is 48.2 Å². The molecule has 0 atom stereocenters. The van der Waals surface area contributed by atoms with Crippen LogP contribution in [0.4, 0.5) is 0 Å². The molecule has 2 heterocycles. The monoisotopic (exact) mass is 502 g/mol. The molecule has 35 heavy (non-hydrogen) atoms. The van der Waals surface area contributed by atoms with Crippen LogP contribution in [0.5, 0.6) is 5.75 Å². The molecule has 4 nitrogen and oxygen atoms in total. The number of aromatic nitrogens is 2. The predicted molar refractivity (Wildman–Crippen MR) is 142 cm³/mol. The number of hydrogen-bond acceptors (Lipinski definition) is 4. The van der Waals surface area contributed by atoms with Gasteiger partial charge in [-0.05, 0) is 66.1 Å². The van der Waals surface area contributed by atoms with E-state index in [1.807, 2.05) is 30.5 Å². The maximum Gasteiger partial charge on any atom is 0.146 e. The summed E-state index contributed by atoms with van der Waals surface area (Å²) in [6, 6.07) is 21.8. The Morgan fingerprint density at radius 3 is 2.34 bits per heavy atom. The van der Waals surface area contributed by atoms with E-state index in [0.29, 0.717) is 21.3 Å². The maximum absolute atomic E-state index is 6.45. The van der Waals surface area contributed by atoms with Crippen LogP contribution >= 0.6 is 23.2 Å². The summed E-state index contributed by atoms with van der Waals surface area (Å²) in [7, 11) is 0. The molecule has 0 N–H and O–H groups in total. The Labute approximate surface area is 214 Å². The molecule has 5 rings (SSSR count). The number of aryl methyl sites for hydroxylation is 1. The van der Waals surface area contributed by atoms with Crippen LogP contribution in [0.15, 0.2) is 77.4 Å². The quantitative estimate of drug-likeness (QED) is 0.232. The summed E-state index contributed by atoms with van der Waals surface area (Å²) in [6.07, 6.45) is 1.84. The van der Waals surface area contributed by atoms with Crippen molar-refractivity contribution in [1.29, 1.82) is 0 Å². The zero-order valence-electron chi connectivity index (χ0n) is 19.7. The molecular formula is C29H24Cl2N2O2. The third-order valence-electron chi connectivity index (χ3n) is 6.07. The van der Waals surface area contributed by atoms with Crippen LogP contribution in [0, 0.1) is 6.92 Å². The van der Waals surface area contributed by atoms with E-state index in [2.05, 4.69) is 61.2 Å². The number of halogens is 2. The molecule has 0 fully saturated rings. The van der Waals surface area contributed by atoms with Crippen LogP contribution in [0.1, 0.15) is 36.7 Å². The van der Waals surface area contributed by atoms with Crippen LogP contribution in [0.3, 0.4) is 0 Å². The summed E-state index contributed by atoms with van der Waals surface area (Å²) in [5.74, 6) is 1.64. The van der Waals surface area contributed by atoms with Gasteiger partial charge in [-0.25, -0.2) is 0 Å². The van der Waals surface area contributed by atoms with Crippen molar-refractivity contribution in [3.63, 3.8) is 0 Å². The number of hydrogen-bond donors (Lipinski definition) is 0. The Morgan fingerprint density at radius 1 is 0.914 bits per heavy atom. The number of fused-ring (bicyclic) bond motifs is 1. The highest BCUT2D eigenvalue weighted by molar-refractivity contribution is 6.39. The summed E-state index contributed by atoms with van der Waals surface area (Å²) in [6.45, 7) is 6.49. The highest BCUT2D eigenvalue weighted by Gasteiger charge is 2.23. The van der Waals surface area contributed by atoms with E-state index in [-0.39, 0.29) is 12.5 Å². The highest BCUT2D eigenvalue weighted by Crippen LogP contribution is 2.39. The Kier molecular flexibility index (Phi) is 6.50. The van der Waals surface area contributed by atoms with Gasteiger partial charge < -0.3 is 9.26 Å². The van der Waals surface area contributed by atoms with Crippen LogP contribution < -0.4 is 4.74 Å². The number of pyridine rings is 1. The molecule has 6 heteroatoms. The lowest BCUT2D eigenvalue weighted by Crippen LogP contribution is -2.01. The molecule has 0 saturated carbocycles.